The fraction of sp³-hybridized carbons (Fsp3) is 0.304. The Morgan fingerprint density at radius 1 is 0.903 bits per heavy atom. The molecule has 5 rings (SSSR count). The van der Waals surface area contributed by atoms with Gasteiger partial charge in [0.05, 0.1) is 0 Å². The number of rotatable bonds is 4. The van der Waals surface area contributed by atoms with Crippen molar-refractivity contribution in [2.75, 3.05) is 39.3 Å². The monoisotopic (exact) mass is 433 g/mol. The molecule has 2 saturated heterocycles. The maximum Gasteiger partial charge on any atom is 0.282 e. The largest absolute Gasteiger partial charge is 0.335 e. The Balaban J connectivity index is 1.15. The van der Waals surface area contributed by atoms with Crippen molar-refractivity contribution in [3.05, 3.63) is 70.9 Å². The molecule has 0 spiro atoms. The predicted octanol–water partition coefficient (Wildman–Crippen LogP) is 2.49. The lowest BCUT2D eigenvalue weighted by Crippen LogP contribution is -2.64. The van der Waals surface area contributed by atoms with Gasteiger partial charge < -0.3 is 9.80 Å². The first-order valence-electron chi connectivity index (χ1n) is 10.4. The highest BCUT2D eigenvalue weighted by atomic mass is 32.1. The Kier molecular flexibility index (Phi) is 5.48. The number of carbonyl (C=O) groups is 2. The molecule has 0 aliphatic carbocycles. The predicted molar refractivity (Wildman–Crippen MR) is 119 cm³/mol. The molecular weight excluding hydrogens is 410 g/mol. The van der Waals surface area contributed by atoms with Crippen LogP contribution in [-0.2, 0) is 0 Å². The van der Waals surface area contributed by atoms with Crippen molar-refractivity contribution in [2.24, 2.45) is 0 Å². The number of hydrogen-bond donors (Lipinski definition) is 0. The number of benzene rings is 1. The summed E-state index contributed by atoms with van der Waals surface area (Å²) in [5, 5.41) is 2.39. The Morgan fingerprint density at radius 3 is 2.42 bits per heavy atom. The Labute approximate surface area is 185 Å². The topological polar surface area (TPSA) is 69.6 Å². The molecule has 2 fully saturated rings. The lowest BCUT2D eigenvalue weighted by molar-refractivity contribution is 0.00853. The summed E-state index contributed by atoms with van der Waals surface area (Å²) in [7, 11) is 0. The number of nitrogens with zero attached hydrogens (tertiary/aromatic N) is 5. The van der Waals surface area contributed by atoms with E-state index in [1.807, 2.05) is 57.8 Å². The van der Waals surface area contributed by atoms with Crippen molar-refractivity contribution < 1.29 is 9.59 Å². The van der Waals surface area contributed by atoms with Gasteiger partial charge in [0.15, 0.2) is 5.01 Å². The van der Waals surface area contributed by atoms with Crippen LogP contribution in [0.25, 0.3) is 11.1 Å². The highest BCUT2D eigenvalue weighted by Gasteiger charge is 2.37. The summed E-state index contributed by atoms with van der Waals surface area (Å²) in [5.74, 6) is 0.0909. The van der Waals surface area contributed by atoms with E-state index in [0.29, 0.717) is 29.7 Å². The molecule has 31 heavy (non-hydrogen) atoms. The molecular formula is C23H23N5O2S. The van der Waals surface area contributed by atoms with Crippen LogP contribution in [-0.4, -0.2) is 81.8 Å². The second-order valence-electron chi connectivity index (χ2n) is 7.85. The van der Waals surface area contributed by atoms with Gasteiger partial charge in [0, 0.05) is 80.4 Å². The number of thiazole rings is 1. The van der Waals surface area contributed by atoms with E-state index in [0.717, 1.165) is 37.3 Å². The van der Waals surface area contributed by atoms with Gasteiger partial charge in [-0.05, 0) is 23.8 Å². The van der Waals surface area contributed by atoms with E-state index in [4.69, 9.17) is 0 Å². The van der Waals surface area contributed by atoms with Crippen LogP contribution < -0.4 is 0 Å². The quantitative estimate of drug-likeness (QED) is 0.632. The van der Waals surface area contributed by atoms with Gasteiger partial charge >= 0.3 is 0 Å². The molecule has 3 aromatic rings. The first-order valence-corrected chi connectivity index (χ1v) is 11.3. The van der Waals surface area contributed by atoms with Gasteiger partial charge in [0.1, 0.15) is 0 Å². The second kappa shape index (κ2) is 8.56. The zero-order valence-corrected chi connectivity index (χ0v) is 17.9. The van der Waals surface area contributed by atoms with Crippen molar-refractivity contribution in [1.82, 2.24) is 24.7 Å². The van der Waals surface area contributed by atoms with Crippen LogP contribution in [0.1, 0.15) is 20.2 Å². The smallest absolute Gasteiger partial charge is 0.282 e. The average Bonchev–Trinajstić information content (AvgIpc) is 3.34. The molecule has 2 amide bonds. The first kappa shape index (κ1) is 19.8. The SMILES string of the molecule is O=C(c1cccc(-c2cccnc2)c1)N1CC(N2CCN(C(=O)c3nccs3)CC2)C1. The summed E-state index contributed by atoms with van der Waals surface area (Å²) in [6.45, 7) is 4.54. The lowest BCUT2D eigenvalue weighted by Gasteiger charge is -2.48. The van der Waals surface area contributed by atoms with Crippen molar-refractivity contribution in [1.29, 1.82) is 0 Å². The second-order valence-corrected chi connectivity index (χ2v) is 8.75. The molecule has 0 N–H and O–H groups in total. The third-order valence-electron chi connectivity index (χ3n) is 5.99. The van der Waals surface area contributed by atoms with Crippen LogP contribution >= 0.6 is 11.3 Å². The van der Waals surface area contributed by atoms with Gasteiger partial charge in [-0.2, -0.15) is 0 Å². The van der Waals surface area contributed by atoms with Gasteiger partial charge in [-0.15, -0.1) is 11.3 Å². The Bertz CT molecular complexity index is 1060. The van der Waals surface area contributed by atoms with E-state index in [1.54, 1.807) is 12.4 Å². The molecule has 0 radical (unpaired) electrons. The standard InChI is InChI=1S/C23H23N5O2S/c29-22(18-4-1-3-17(13-18)19-5-2-6-24-14-19)28-15-20(16-28)26-8-10-27(11-9-26)23(30)21-25-7-12-31-21/h1-7,12-14,20H,8-11,15-16H2. The summed E-state index contributed by atoms with van der Waals surface area (Å²) in [6.07, 6.45) is 5.22. The zero-order valence-electron chi connectivity index (χ0n) is 17.1. The van der Waals surface area contributed by atoms with Gasteiger partial charge in [-0.3, -0.25) is 19.5 Å². The van der Waals surface area contributed by atoms with Crippen LogP contribution in [0.3, 0.4) is 0 Å². The number of piperazine rings is 1. The number of carbonyl (C=O) groups excluding carboxylic acids is 2. The highest BCUT2D eigenvalue weighted by molar-refractivity contribution is 7.11. The number of aromatic nitrogens is 2. The third-order valence-corrected chi connectivity index (χ3v) is 6.75. The van der Waals surface area contributed by atoms with Crippen LogP contribution in [0, 0.1) is 0 Å². The zero-order chi connectivity index (χ0) is 21.2. The molecule has 158 valence electrons. The van der Waals surface area contributed by atoms with E-state index >= 15 is 0 Å². The number of amides is 2. The minimum Gasteiger partial charge on any atom is -0.335 e. The number of hydrogen-bond acceptors (Lipinski definition) is 6. The van der Waals surface area contributed by atoms with Gasteiger partial charge in [-0.1, -0.05) is 18.2 Å². The molecule has 8 heteroatoms. The molecule has 0 unspecified atom stereocenters. The average molecular weight is 434 g/mol. The van der Waals surface area contributed by atoms with Crippen molar-refractivity contribution in [3.63, 3.8) is 0 Å². The summed E-state index contributed by atoms with van der Waals surface area (Å²) in [4.78, 5) is 39.8. The van der Waals surface area contributed by atoms with E-state index in [-0.39, 0.29) is 11.8 Å². The summed E-state index contributed by atoms with van der Waals surface area (Å²) < 4.78 is 0. The summed E-state index contributed by atoms with van der Waals surface area (Å²) in [5.41, 5.74) is 2.71. The molecule has 7 nitrogen and oxygen atoms in total. The van der Waals surface area contributed by atoms with Gasteiger partial charge in [0.2, 0.25) is 0 Å². The number of likely N-dealkylation sites (tertiary alicyclic amines) is 1. The molecule has 2 aliphatic rings. The minimum absolute atomic E-state index is 0.0218. The molecule has 0 saturated carbocycles. The molecule has 2 aliphatic heterocycles. The normalized spacial score (nSPS) is 17.4. The van der Waals surface area contributed by atoms with Crippen LogP contribution in [0.5, 0.6) is 0 Å². The maximum atomic E-state index is 12.9. The highest BCUT2D eigenvalue weighted by Crippen LogP contribution is 2.23. The number of pyridine rings is 1. The Morgan fingerprint density at radius 2 is 1.71 bits per heavy atom. The first-order chi connectivity index (χ1) is 15.2. The van der Waals surface area contributed by atoms with Crippen LogP contribution in [0.2, 0.25) is 0 Å². The van der Waals surface area contributed by atoms with E-state index in [1.165, 1.54) is 11.3 Å². The molecule has 0 atom stereocenters. The third kappa shape index (κ3) is 4.08. The van der Waals surface area contributed by atoms with Gasteiger partial charge in [0.25, 0.3) is 11.8 Å². The molecule has 2 aromatic heterocycles. The van der Waals surface area contributed by atoms with E-state index < -0.39 is 0 Å². The van der Waals surface area contributed by atoms with E-state index in [9.17, 15) is 9.59 Å². The lowest BCUT2D eigenvalue weighted by atomic mass is 10.0. The van der Waals surface area contributed by atoms with Crippen molar-refractivity contribution in [2.45, 2.75) is 6.04 Å². The van der Waals surface area contributed by atoms with Crippen LogP contribution in [0.15, 0.2) is 60.4 Å². The maximum absolute atomic E-state index is 12.9. The van der Waals surface area contributed by atoms with Crippen LogP contribution in [0.4, 0.5) is 0 Å². The summed E-state index contributed by atoms with van der Waals surface area (Å²) in [6, 6.07) is 12.0. The Hall–Kier alpha value is -3.10. The molecule has 0 bridgehead atoms. The van der Waals surface area contributed by atoms with Gasteiger partial charge in [-0.25, -0.2) is 4.98 Å². The molecule has 1 aromatic carbocycles. The fourth-order valence-corrected chi connectivity index (χ4v) is 4.76. The minimum atomic E-state index is 0.0218. The summed E-state index contributed by atoms with van der Waals surface area (Å²) >= 11 is 1.38. The van der Waals surface area contributed by atoms with E-state index in [2.05, 4.69) is 14.9 Å². The van der Waals surface area contributed by atoms with Crippen molar-refractivity contribution in [3.8, 4) is 11.1 Å². The fourth-order valence-electron chi connectivity index (χ4n) is 4.15. The molecule has 4 heterocycles. The van der Waals surface area contributed by atoms with Crippen molar-refractivity contribution >= 4 is 23.2 Å².